The summed E-state index contributed by atoms with van der Waals surface area (Å²) < 4.78 is 11.1. The van der Waals surface area contributed by atoms with E-state index in [1.807, 2.05) is 18.2 Å². The van der Waals surface area contributed by atoms with Crippen molar-refractivity contribution in [3.8, 4) is 0 Å². The highest BCUT2D eigenvalue weighted by molar-refractivity contribution is 6.74. The molecule has 1 atom stereocenters. The maximum absolute atomic E-state index is 12.3. The smallest absolute Gasteiger partial charge is 0.337 e. The lowest BCUT2D eigenvalue weighted by Gasteiger charge is -2.37. The van der Waals surface area contributed by atoms with Gasteiger partial charge in [-0.1, -0.05) is 32.9 Å². The highest BCUT2D eigenvalue weighted by atomic mass is 28.4. The fourth-order valence-electron chi connectivity index (χ4n) is 2.75. The number of hydrogen-bond donors (Lipinski definition) is 0. The largest absolute Gasteiger partial charge is 0.465 e. The van der Waals surface area contributed by atoms with Crippen LogP contribution in [0.25, 0.3) is 0 Å². The molecule has 2 rings (SSSR count). The molecule has 142 valence electrons. The van der Waals surface area contributed by atoms with Crippen molar-refractivity contribution in [3.63, 3.8) is 0 Å². The van der Waals surface area contributed by atoms with Crippen molar-refractivity contribution in [1.82, 2.24) is 0 Å². The molecule has 1 aliphatic carbocycles. The van der Waals surface area contributed by atoms with Crippen molar-refractivity contribution in [3.05, 3.63) is 47.0 Å². The molecule has 1 aromatic carbocycles. The Labute approximate surface area is 157 Å². The number of hydrogen-bond acceptors (Lipinski definition) is 4. The van der Waals surface area contributed by atoms with E-state index in [1.54, 1.807) is 12.1 Å². The number of esters is 1. The lowest BCUT2D eigenvalue weighted by atomic mass is 10.0. The zero-order valence-electron chi connectivity index (χ0n) is 16.7. The van der Waals surface area contributed by atoms with Crippen LogP contribution in [-0.2, 0) is 20.4 Å². The molecule has 0 N–H and O–H groups in total. The molecule has 26 heavy (non-hydrogen) atoms. The monoisotopic (exact) mass is 374 g/mol. The first-order chi connectivity index (χ1) is 12.0. The molecule has 0 heterocycles. The summed E-state index contributed by atoms with van der Waals surface area (Å²) in [6.07, 6.45) is 3.87. The van der Waals surface area contributed by atoms with Crippen molar-refractivity contribution in [2.75, 3.05) is 7.11 Å². The number of ether oxygens (including phenoxy) is 1. The quantitative estimate of drug-likeness (QED) is 0.535. The summed E-state index contributed by atoms with van der Waals surface area (Å²) in [6.45, 7) is 11.0. The standard InChI is InChI=1S/C21H30O4Si/c1-21(2,3)26(5,6)25-18-13-17(19(22)14-18)12-9-15-7-10-16(11-8-15)20(23)24-4/h7-8,10-11,13,18H,9,12,14H2,1-6H3. The average Bonchev–Trinajstić information content (AvgIpc) is 2.90. The number of benzene rings is 1. The number of Topliss-reactive ketones (excluding diaryl/α,β-unsaturated/α-hetero) is 1. The van der Waals surface area contributed by atoms with Crippen LogP contribution in [0.4, 0.5) is 0 Å². The minimum absolute atomic E-state index is 0.0832. The van der Waals surface area contributed by atoms with Gasteiger partial charge in [-0.2, -0.15) is 0 Å². The van der Waals surface area contributed by atoms with E-state index in [0.29, 0.717) is 18.4 Å². The van der Waals surface area contributed by atoms with Gasteiger partial charge in [0.15, 0.2) is 14.1 Å². The lowest BCUT2D eigenvalue weighted by molar-refractivity contribution is -0.115. The summed E-state index contributed by atoms with van der Waals surface area (Å²) in [6, 6.07) is 7.34. The number of methoxy groups -OCH3 is 1. The van der Waals surface area contributed by atoms with Gasteiger partial charge in [-0.05, 0) is 60.3 Å². The van der Waals surface area contributed by atoms with Gasteiger partial charge in [-0.3, -0.25) is 4.79 Å². The Hall–Kier alpha value is -1.72. The van der Waals surface area contributed by atoms with Gasteiger partial charge in [0.25, 0.3) is 0 Å². The fraction of sp³-hybridized carbons (Fsp3) is 0.524. The van der Waals surface area contributed by atoms with Gasteiger partial charge in [0, 0.05) is 6.42 Å². The second kappa shape index (κ2) is 7.88. The Kier molecular flexibility index (Phi) is 6.24. The molecule has 0 spiro atoms. The van der Waals surface area contributed by atoms with E-state index in [9.17, 15) is 9.59 Å². The van der Waals surface area contributed by atoms with Crippen molar-refractivity contribution < 1.29 is 18.8 Å². The lowest BCUT2D eigenvalue weighted by Crippen LogP contribution is -2.43. The molecule has 1 aromatic rings. The number of aryl methyl sites for hydroxylation is 1. The van der Waals surface area contributed by atoms with Crippen molar-refractivity contribution in [1.29, 1.82) is 0 Å². The molecule has 1 aliphatic rings. The van der Waals surface area contributed by atoms with Crippen LogP contribution in [0.5, 0.6) is 0 Å². The summed E-state index contributed by atoms with van der Waals surface area (Å²) in [5, 5.41) is 0.133. The topological polar surface area (TPSA) is 52.6 Å². The van der Waals surface area contributed by atoms with Gasteiger partial charge in [-0.15, -0.1) is 0 Å². The molecule has 0 aromatic heterocycles. The summed E-state index contributed by atoms with van der Waals surface area (Å²) in [7, 11) is -0.506. The van der Waals surface area contributed by atoms with Crippen LogP contribution in [0.15, 0.2) is 35.9 Å². The molecule has 0 aliphatic heterocycles. The first kappa shape index (κ1) is 20.6. The number of carbonyl (C=O) groups excluding carboxylic acids is 2. The minimum atomic E-state index is -1.88. The summed E-state index contributed by atoms with van der Waals surface area (Å²) in [4.78, 5) is 23.8. The van der Waals surface area contributed by atoms with Gasteiger partial charge in [-0.25, -0.2) is 4.79 Å². The molecule has 4 nitrogen and oxygen atoms in total. The minimum Gasteiger partial charge on any atom is -0.465 e. The second-order valence-corrected chi connectivity index (χ2v) is 13.2. The first-order valence-electron chi connectivity index (χ1n) is 9.12. The van der Waals surface area contributed by atoms with E-state index in [-0.39, 0.29) is 22.9 Å². The van der Waals surface area contributed by atoms with Gasteiger partial charge in [0.05, 0.1) is 18.8 Å². The van der Waals surface area contributed by atoms with Gasteiger partial charge < -0.3 is 9.16 Å². The Balaban J connectivity index is 1.97. The second-order valence-electron chi connectivity index (χ2n) is 8.42. The molecular weight excluding hydrogens is 344 g/mol. The molecule has 1 unspecified atom stereocenters. The van der Waals surface area contributed by atoms with Crippen molar-refractivity contribution in [2.24, 2.45) is 0 Å². The molecule has 0 amide bonds. The Morgan fingerprint density at radius 3 is 2.31 bits per heavy atom. The fourth-order valence-corrected chi connectivity index (χ4v) is 4.01. The summed E-state index contributed by atoms with van der Waals surface area (Å²) in [5.74, 6) is -0.143. The Morgan fingerprint density at radius 1 is 1.15 bits per heavy atom. The molecule has 0 saturated carbocycles. The van der Waals surface area contributed by atoms with E-state index >= 15 is 0 Å². The average molecular weight is 375 g/mol. The first-order valence-corrected chi connectivity index (χ1v) is 12.0. The molecule has 0 bridgehead atoms. The number of ketones is 1. The normalized spacial score (nSPS) is 18.0. The Morgan fingerprint density at radius 2 is 1.77 bits per heavy atom. The zero-order valence-corrected chi connectivity index (χ0v) is 17.7. The van der Waals surface area contributed by atoms with Crippen LogP contribution >= 0.6 is 0 Å². The highest BCUT2D eigenvalue weighted by Crippen LogP contribution is 2.39. The van der Waals surface area contributed by atoms with Crippen LogP contribution < -0.4 is 0 Å². The zero-order chi connectivity index (χ0) is 19.5. The number of carbonyl (C=O) groups is 2. The van der Waals surface area contributed by atoms with Crippen LogP contribution in [0.3, 0.4) is 0 Å². The van der Waals surface area contributed by atoms with Crippen LogP contribution in [0.2, 0.25) is 18.1 Å². The van der Waals surface area contributed by atoms with Crippen LogP contribution in [0.1, 0.15) is 49.5 Å². The summed E-state index contributed by atoms with van der Waals surface area (Å²) in [5.41, 5.74) is 2.50. The van der Waals surface area contributed by atoms with Gasteiger partial charge >= 0.3 is 5.97 Å². The predicted octanol–water partition coefficient (Wildman–Crippen LogP) is 4.70. The maximum Gasteiger partial charge on any atom is 0.337 e. The van der Waals surface area contributed by atoms with Crippen molar-refractivity contribution in [2.45, 2.75) is 64.3 Å². The SMILES string of the molecule is COC(=O)c1ccc(CCC2=CC(O[Si](C)(C)C(C)(C)C)CC2=O)cc1. The van der Waals surface area contributed by atoms with Gasteiger partial charge in [0.2, 0.25) is 0 Å². The third kappa shape index (κ3) is 4.92. The third-order valence-corrected chi connectivity index (χ3v) is 9.95. The number of allylic oxidation sites excluding steroid dienone is 1. The maximum atomic E-state index is 12.3. The van der Waals surface area contributed by atoms with E-state index in [1.165, 1.54) is 7.11 Å². The molecule has 0 saturated heterocycles. The molecule has 0 radical (unpaired) electrons. The molecule has 0 fully saturated rings. The van der Waals surface area contributed by atoms with E-state index in [0.717, 1.165) is 17.6 Å². The summed E-state index contributed by atoms with van der Waals surface area (Å²) >= 11 is 0. The predicted molar refractivity (Wildman–Crippen MR) is 106 cm³/mol. The third-order valence-electron chi connectivity index (χ3n) is 5.44. The van der Waals surface area contributed by atoms with Crippen LogP contribution in [0, 0.1) is 0 Å². The van der Waals surface area contributed by atoms with E-state index < -0.39 is 8.32 Å². The molecule has 5 heteroatoms. The van der Waals surface area contributed by atoms with Crippen molar-refractivity contribution >= 4 is 20.1 Å². The van der Waals surface area contributed by atoms with Crippen LogP contribution in [-0.4, -0.2) is 33.3 Å². The number of rotatable bonds is 6. The van der Waals surface area contributed by atoms with E-state index in [2.05, 4.69) is 33.9 Å². The van der Waals surface area contributed by atoms with E-state index in [4.69, 9.17) is 9.16 Å². The Bertz CT molecular complexity index is 696. The van der Waals surface area contributed by atoms with Gasteiger partial charge in [0.1, 0.15) is 0 Å². The highest BCUT2D eigenvalue weighted by Gasteiger charge is 2.40. The molecular formula is C21H30O4Si.